The molecule has 0 aliphatic rings. The van der Waals surface area contributed by atoms with Crippen LogP contribution in [0.1, 0.15) is 18.1 Å². The molecule has 6 heteroatoms. The molecule has 0 spiro atoms. The van der Waals surface area contributed by atoms with Crippen molar-refractivity contribution in [1.82, 2.24) is 9.97 Å². The maximum atomic E-state index is 11.9. The van der Waals surface area contributed by atoms with Gasteiger partial charge in [0.05, 0.1) is 11.0 Å². The smallest absolute Gasteiger partial charge is 0.336 e. The molecule has 0 bridgehead atoms. The third kappa shape index (κ3) is 2.94. The molecule has 0 fully saturated rings. The summed E-state index contributed by atoms with van der Waals surface area (Å²) in [6.07, 6.45) is 0.886. The van der Waals surface area contributed by atoms with Gasteiger partial charge in [0.1, 0.15) is 5.58 Å². The zero-order valence-electron chi connectivity index (χ0n) is 13.7. The predicted octanol–water partition coefficient (Wildman–Crippen LogP) is 3.14. The zero-order chi connectivity index (χ0) is 17.4. The Balaban J connectivity index is 1.67. The molecule has 0 amide bonds. The number of aromatic amines is 2. The van der Waals surface area contributed by atoms with Gasteiger partial charge in [0, 0.05) is 23.7 Å². The Labute approximate surface area is 142 Å². The third-order valence-electron chi connectivity index (χ3n) is 4.30. The summed E-state index contributed by atoms with van der Waals surface area (Å²) in [6.45, 7) is 2.54. The lowest BCUT2D eigenvalue weighted by atomic mass is 10.1. The van der Waals surface area contributed by atoms with Crippen molar-refractivity contribution in [2.24, 2.45) is 0 Å². The van der Waals surface area contributed by atoms with Crippen molar-refractivity contribution in [2.45, 2.75) is 19.9 Å². The summed E-state index contributed by atoms with van der Waals surface area (Å²) in [6, 6.07) is 13.0. The van der Waals surface area contributed by atoms with Crippen LogP contribution < -0.4 is 16.6 Å². The molecule has 0 unspecified atom stereocenters. The van der Waals surface area contributed by atoms with E-state index in [4.69, 9.17) is 4.42 Å². The van der Waals surface area contributed by atoms with Crippen LogP contribution in [0.15, 0.2) is 56.5 Å². The molecule has 4 aromatic rings. The number of aromatic nitrogens is 2. The standard InChI is InChI=1S/C19H17N3O3/c1-2-11-3-5-14-12(8-18(23)25-17(14)7-11)10-20-13-4-6-15-16(9-13)22-19(24)21-15/h3-9,20H,2,10H2,1H3,(H2,21,22,24). The number of nitrogens with one attached hydrogen (secondary N) is 3. The number of H-pyrrole nitrogens is 2. The summed E-state index contributed by atoms with van der Waals surface area (Å²) >= 11 is 0. The number of fused-ring (bicyclic) bond motifs is 2. The minimum Gasteiger partial charge on any atom is -0.423 e. The van der Waals surface area contributed by atoms with Crippen LogP contribution in [0.5, 0.6) is 0 Å². The molecule has 0 saturated heterocycles. The van der Waals surface area contributed by atoms with Crippen molar-refractivity contribution in [1.29, 1.82) is 0 Å². The molecule has 0 aliphatic heterocycles. The molecule has 0 atom stereocenters. The van der Waals surface area contributed by atoms with Crippen LogP contribution in [0.3, 0.4) is 0 Å². The number of imidazole rings is 1. The summed E-state index contributed by atoms with van der Waals surface area (Å²) < 4.78 is 5.33. The Morgan fingerprint density at radius 3 is 2.68 bits per heavy atom. The van der Waals surface area contributed by atoms with E-state index in [1.165, 1.54) is 6.07 Å². The van der Waals surface area contributed by atoms with E-state index in [1.807, 2.05) is 36.4 Å². The summed E-state index contributed by atoms with van der Waals surface area (Å²) in [5.41, 5.74) is 4.37. The third-order valence-corrected chi connectivity index (χ3v) is 4.30. The second kappa shape index (κ2) is 5.98. The molecule has 6 nitrogen and oxygen atoms in total. The summed E-state index contributed by atoms with van der Waals surface area (Å²) in [4.78, 5) is 28.6. The van der Waals surface area contributed by atoms with Gasteiger partial charge in [-0.2, -0.15) is 0 Å². The molecule has 0 aliphatic carbocycles. The number of benzene rings is 2. The molecular weight excluding hydrogens is 318 g/mol. The molecule has 126 valence electrons. The SMILES string of the molecule is CCc1ccc2c(CNc3ccc4[nH]c(=O)[nH]c4c3)cc(=O)oc2c1. The van der Waals surface area contributed by atoms with Crippen molar-refractivity contribution in [3.63, 3.8) is 0 Å². The van der Waals surface area contributed by atoms with Crippen molar-refractivity contribution in [3.05, 3.63) is 74.5 Å². The van der Waals surface area contributed by atoms with Gasteiger partial charge < -0.3 is 19.7 Å². The van der Waals surface area contributed by atoms with E-state index in [-0.39, 0.29) is 11.3 Å². The Morgan fingerprint density at radius 1 is 1.00 bits per heavy atom. The molecule has 25 heavy (non-hydrogen) atoms. The van der Waals surface area contributed by atoms with Gasteiger partial charge >= 0.3 is 11.3 Å². The predicted molar refractivity (Wildman–Crippen MR) is 98.1 cm³/mol. The lowest BCUT2D eigenvalue weighted by Gasteiger charge is -2.09. The van der Waals surface area contributed by atoms with E-state index in [1.54, 1.807) is 0 Å². The fourth-order valence-electron chi connectivity index (χ4n) is 2.98. The Morgan fingerprint density at radius 2 is 1.84 bits per heavy atom. The van der Waals surface area contributed by atoms with Crippen LogP contribution in [0.4, 0.5) is 5.69 Å². The molecule has 0 saturated carbocycles. The van der Waals surface area contributed by atoms with Crippen molar-refractivity contribution in [2.75, 3.05) is 5.32 Å². The van der Waals surface area contributed by atoms with Gasteiger partial charge in [0.25, 0.3) is 0 Å². The lowest BCUT2D eigenvalue weighted by Crippen LogP contribution is -2.06. The Bertz CT molecular complexity index is 1180. The zero-order valence-corrected chi connectivity index (χ0v) is 13.7. The van der Waals surface area contributed by atoms with Crippen LogP contribution in [0.2, 0.25) is 0 Å². The second-order valence-electron chi connectivity index (χ2n) is 5.97. The summed E-state index contributed by atoms with van der Waals surface area (Å²) in [7, 11) is 0. The molecule has 0 radical (unpaired) electrons. The van der Waals surface area contributed by atoms with Gasteiger partial charge in [0.15, 0.2) is 0 Å². The van der Waals surface area contributed by atoms with Crippen molar-refractivity contribution < 1.29 is 4.42 Å². The van der Waals surface area contributed by atoms with Crippen LogP contribution in [0.25, 0.3) is 22.0 Å². The number of rotatable bonds is 4. The summed E-state index contributed by atoms with van der Waals surface area (Å²) in [5.74, 6) is 0. The first-order chi connectivity index (χ1) is 12.1. The maximum Gasteiger partial charge on any atom is 0.336 e. The second-order valence-corrected chi connectivity index (χ2v) is 5.97. The van der Waals surface area contributed by atoms with E-state index in [2.05, 4.69) is 22.2 Å². The van der Waals surface area contributed by atoms with Gasteiger partial charge in [-0.1, -0.05) is 19.1 Å². The first kappa shape index (κ1) is 15.3. The maximum absolute atomic E-state index is 11.9. The van der Waals surface area contributed by atoms with Crippen LogP contribution in [-0.2, 0) is 13.0 Å². The van der Waals surface area contributed by atoms with Crippen LogP contribution in [-0.4, -0.2) is 9.97 Å². The molecular formula is C19H17N3O3. The Hall–Kier alpha value is -3.28. The highest BCUT2D eigenvalue weighted by Crippen LogP contribution is 2.21. The first-order valence-electron chi connectivity index (χ1n) is 8.14. The lowest BCUT2D eigenvalue weighted by molar-refractivity contribution is 0.559. The normalized spacial score (nSPS) is 11.2. The average Bonchev–Trinajstić information content (AvgIpc) is 2.98. The van der Waals surface area contributed by atoms with E-state index in [0.717, 1.165) is 39.7 Å². The van der Waals surface area contributed by atoms with Gasteiger partial charge in [-0.05, 0) is 41.8 Å². The monoisotopic (exact) mass is 335 g/mol. The van der Waals surface area contributed by atoms with E-state index < -0.39 is 0 Å². The minimum atomic E-state index is -0.358. The quantitative estimate of drug-likeness (QED) is 0.500. The minimum absolute atomic E-state index is 0.231. The van der Waals surface area contributed by atoms with Gasteiger partial charge in [-0.3, -0.25) is 0 Å². The fraction of sp³-hybridized carbons (Fsp3) is 0.158. The first-order valence-corrected chi connectivity index (χ1v) is 8.14. The number of hydrogen-bond acceptors (Lipinski definition) is 4. The van der Waals surface area contributed by atoms with Gasteiger partial charge in [-0.15, -0.1) is 0 Å². The summed E-state index contributed by atoms with van der Waals surface area (Å²) in [5, 5.41) is 4.21. The molecule has 3 N–H and O–H groups in total. The van der Waals surface area contributed by atoms with E-state index in [9.17, 15) is 9.59 Å². The van der Waals surface area contributed by atoms with Crippen LogP contribution >= 0.6 is 0 Å². The topological polar surface area (TPSA) is 90.9 Å². The highest BCUT2D eigenvalue weighted by Gasteiger charge is 2.07. The largest absolute Gasteiger partial charge is 0.423 e. The van der Waals surface area contributed by atoms with E-state index >= 15 is 0 Å². The van der Waals surface area contributed by atoms with Crippen LogP contribution in [0, 0.1) is 0 Å². The number of aryl methyl sites for hydroxylation is 1. The highest BCUT2D eigenvalue weighted by atomic mass is 16.4. The van der Waals surface area contributed by atoms with Crippen molar-refractivity contribution >= 4 is 27.7 Å². The van der Waals surface area contributed by atoms with E-state index in [0.29, 0.717) is 12.1 Å². The van der Waals surface area contributed by atoms with Gasteiger partial charge in [0.2, 0.25) is 0 Å². The molecule has 2 aromatic carbocycles. The Kier molecular flexibility index (Phi) is 3.65. The molecule has 2 heterocycles. The fourth-order valence-corrected chi connectivity index (χ4v) is 2.98. The number of hydrogen-bond donors (Lipinski definition) is 3. The molecule has 4 rings (SSSR count). The molecule has 2 aromatic heterocycles. The van der Waals surface area contributed by atoms with Gasteiger partial charge in [-0.25, -0.2) is 9.59 Å². The number of anilines is 1. The average molecular weight is 335 g/mol. The highest BCUT2D eigenvalue weighted by molar-refractivity contribution is 5.82. The van der Waals surface area contributed by atoms with Crippen molar-refractivity contribution in [3.8, 4) is 0 Å².